The predicted octanol–water partition coefficient (Wildman–Crippen LogP) is -1.06. The fraction of sp³-hybridized carbons (Fsp3) is 0.714. The molecule has 0 aliphatic heterocycles. The zero-order valence-electron chi connectivity index (χ0n) is 7.79. The quantitative estimate of drug-likeness (QED) is 0.523. The summed E-state index contributed by atoms with van der Waals surface area (Å²) in [5.74, 6) is -0.575. The number of hydrogen-bond donors (Lipinski definition) is 3. The summed E-state index contributed by atoms with van der Waals surface area (Å²) < 4.78 is 5.10. The molecule has 5 N–H and O–H groups in total. The van der Waals surface area contributed by atoms with Gasteiger partial charge in [0.05, 0.1) is 5.60 Å². The van der Waals surface area contributed by atoms with E-state index >= 15 is 0 Å². The second-order valence-corrected chi connectivity index (χ2v) is 3.16. The Hall–Kier alpha value is -1.14. The van der Waals surface area contributed by atoms with Crippen LogP contribution in [0.5, 0.6) is 0 Å². The van der Waals surface area contributed by atoms with E-state index in [2.05, 4.69) is 0 Å². The summed E-state index contributed by atoms with van der Waals surface area (Å²) in [5.41, 5.74) is 9.49. The molecule has 0 aromatic heterocycles. The van der Waals surface area contributed by atoms with Gasteiger partial charge in [-0.1, -0.05) is 0 Å². The van der Waals surface area contributed by atoms with Crippen LogP contribution in [0.3, 0.4) is 0 Å². The van der Waals surface area contributed by atoms with Crippen molar-refractivity contribution in [2.45, 2.75) is 19.4 Å². The number of urea groups is 1. The van der Waals surface area contributed by atoms with Gasteiger partial charge >= 0.3 is 6.03 Å². The summed E-state index contributed by atoms with van der Waals surface area (Å²) in [6.45, 7) is 3.54. The number of rotatable bonds is 4. The summed E-state index contributed by atoms with van der Waals surface area (Å²) in [6, 6.07) is -0.890. The lowest BCUT2D eigenvalue weighted by Gasteiger charge is -2.22. The number of ether oxygens (including phenoxy) is 1. The van der Waals surface area contributed by atoms with Crippen LogP contribution in [0.2, 0.25) is 0 Å². The molecule has 0 unspecified atom stereocenters. The maximum Gasteiger partial charge on any atom is 0.318 e. The number of carbonyl (C=O) groups excluding carboxylic acids is 2. The lowest BCUT2D eigenvalue weighted by Crippen LogP contribution is -2.41. The van der Waals surface area contributed by atoms with E-state index < -0.39 is 17.5 Å². The van der Waals surface area contributed by atoms with E-state index in [0.717, 1.165) is 0 Å². The van der Waals surface area contributed by atoms with Crippen molar-refractivity contribution in [2.75, 3.05) is 13.2 Å². The van der Waals surface area contributed by atoms with Crippen LogP contribution in [-0.4, -0.2) is 30.7 Å². The minimum atomic E-state index is -0.890. The standard InChI is InChI=1S/C7H15N3O3/c1-7(2,4-8)13-3-5(11)10-6(9)12/h3-4,8H2,1-2H3,(H3,9,10,11,12). The number of carbonyl (C=O) groups is 2. The lowest BCUT2D eigenvalue weighted by atomic mass is 10.1. The van der Waals surface area contributed by atoms with E-state index in [1.54, 1.807) is 13.8 Å². The molecule has 0 heterocycles. The van der Waals surface area contributed by atoms with E-state index in [1.807, 2.05) is 5.32 Å². The van der Waals surface area contributed by atoms with Crippen LogP contribution in [0.1, 0.15) is 13.8 Å². The second-order valence-electron chi connectivity index (χ2n) is 3.16. The van der Waals surface area contributed by atoms with Crippen molar-refractivity contribution in [3.05, 3.63) is 0 Å². The Labute approximate surface area is 76.6 Å². The summed E-state index contributed by atoms with van der Waals surface area (Å²) in [4.78, 5) is 21.1. The van der Waals surface area contributed by atoms with Crippen LogP contribution in [0.4, 0.5) is 4.79 Å². The first-order chi connectivity index (χ1) is 5.87. The Kier molecular flexibility index (Phi) is 4.36. The first-order valence-electron chi connectivity index (χ1n) is 3.81. The molecule has 0 saturated heterocycles. The van der Waals surface area contributed by atoms with Crippen molar-refractivity contribution in [2.24, 2.45) is 11.5 Å². The molecule has 0 aromatic carbocycles. The zero-order chi connectivity index (χ0) is 10.5. The van der Waals surface area contributed by atoms with Crippen LogP contribution in [0, 0.1) is 0 Å². The SMILES string of the molecule is CC(C)(CN)OCC(=O)NC(N)=O. The summed E-state index contributed by atoms with van der Waals surface area (Å²) in [6.07, 6.45) is 0. The van der Waals surface area contributed by atoms with Gasteiger partial charge in [0.25, 0.3) is 5.91 Å². The molecule has 3 amide bonds. The molecule has 0 spiro atoms. The molecule has 13 heavy (non-hydrogen) atoms. The van der Waals surface area contributed by atoms with Crippen LogP contribution < -0.4 is 16.8 Å². The van der Waals surface area contributed by atoms with Gasteiger partial charge in [-0.25, -0.2) is 4.79 Å². The van der Waals surface area contributed by atoms with Gasteiger partial charge in [0.2, 0.25) is 0 Å². The highest BCUT2D eigenvalue weighted by molar-refractivity contribution is 5.94. The second kappa shape index (κ2) is 4.78. The van der Waals surface area contributed by atoms with E-state index in [-0.39, 0.29) is 13.2 Å². The Bertz CT molecular complexity index is 203. The largest absolute Gasteiger partial charge is 0.364 e. The zero-order valence-corrected chi connectivity index (χ0v) is 7.79. The number of nitrogens with two attached hydrogens (primary N) is 2. The number of nitrogens with one attached hydrogen (secondary N) is 1. The highest BCUT2D eigenvalue weighted by atomic mass is 16.5. The third-order valence-corrected chi connectivity index (χ3v) is 1.35. The molecule has 6 heteroatoms. The van der Waals surface area contributed by atoms with Crippen LogP contribution in [0.25, 0.3) is 0 Å². The van der Waals surface area contributed by atoms with Crippen LogP contribution in [-0.2, 0) is 9.53 Å². The summed E-state index contributed by atoms with van der Waals surface area (Å²) in [5, 5.41) is 1.87. The van der Waals surface area contributed by atoms with E-state index in [1.165, 1.54) is 0 Å². The highest BCUT2D eigenvalue weighted by Crippen LogP contribution is 2.04. The molecular formula is C7H15N3O3. The molecule has 0 rings (SSSR count). The minimum Gasteiger partial charge on any atom is -0.364 e. The molecule has 0 aliphatic rings. The van der Waals surface area contributed by atoms with Crippen molar-refractivity contribution in [1.29, 1.82) is 0 Å². The van der Waals surface area contributed by atoms with Crippen LogP contribution in [0.15, 0.2) is 0 Å². The number of hydrogen-bond acceptors (Lipinski definition) is 4. The Balaban J connectivity index is 3.76. The van der Waals surface area contributed by atoms with E-state index in [4.69, 9.17) is 16.2 Å². The van der Waals surface area contributed by atoms with Crippen molar-refractivity contribution in [1.82, 2.24) is 5.32 Å². The molecule has 0 bridgehead atoms. The molecule has 0 radical (unpaired) electrons. The first-order valence-corrected chi connectivity index (χ1v) is 3.81. The van der Waals surface area contributed by atoms with Crippen molar-refractivity contribution in [3.8, 4) is 0 Å². The molecule has 6 nitrogen and oxygen atoms in total. The first kappa shape index (κ1) is 11.9. The summed E-state index contributed by atoms with van der Waals surface area (Å²) in [7, 11) is 0. The Morgan fingerprint density at radius 1 is 1.46 bits per heavy atom. The highest BCUT2D eigenvalue weighted by Gasteiger charge is 2.17. The molecule has 76 valence electrons. The average molecular weight is 189 g/mol. The molecular weight excluding hydrogens is 174 g/mol. The van der Waals surface area contributed by atoms with Gasteiger partial charge in [0.15, 0.2) is 0 Å². The molecule has 0 aliphatic carbocycles. The van der Waals surface area contributed by atoms with Crippen LogP contribution >= 0.6 is 0 Å². The maximum absolute atomic E-state index is 10.8. The molecule has 0 fully saturated rings. The predicted molar refractivity (Wildman–Crippen MR) is 46.8 cm³/mol. The van der Waals surface area contributed by atoms with Crippen molar-refractivity contribution in [3.63, 3.8) is 0 Å². The lowest BCUT2D eigenvalue weighted by molar-refractivity contribution is -0.129. The fourth-order valence-corrected chi connectivity index (χ4v) is 0.493. The number of amides is 3. The van der Waals surface area contributed by atoms with Gasteiger partial charge in [-0.15, -0.1) is 0 Å². The molecule has 0 aromatic rings. The monoisotopic (exact) mass is 189 g/mol. The fourth-order valence-electron chi connectivity index (χ4n) is 0.493. The van der Waals surface area contributed by atoms with E-state index in [0.29, 0.717) is 0 Å². The maximum atomic E-state index is 10.8. The number of primary amides is 1. The van der Waals surface area contributed by atoms with Crippen molar-refractivity contribution < 1.29 is 14.3 Å². The average Bonchev–Trinajstić information content (AvgIpc) is 2.00. The number of imide groups is 1. The smallest absolute Gasteiger partial charge is 0.318 e. The van der Waals surface area contributed by atoms with Gasteiger partial charge in [-0.2, -0.15) is 0 Å². The van der Waals surface area contributed by atoms with E-state index in [9.17, 15) is 9.59 Å². The van der Waals surface area contributed by atoms with Gasteiger partial charge in [0.1, 0.15) is 6.61 Å². The Morgan fingerprint density at radius 2 is 2.00 bits per heavy atom. The van der Waals surface area contributed by atoms with Gasteiger partial charge in [0, 0.05) is 6.54 Å². The minimum absolute atomic E-state index is 0.229. The van der Waals surface area contributed by atoms with Gasteiger partial charge < -0.3 is 16.2 Å². The van der Waals surface area contributed by atoms with Crippen molar-refractivity contribution >= 4 is 11.9 Å². The summed E-state index contributed by atoms with van der Waals surface area (Å²) >= 11 is 0. The topological polar surface area (TPSA) is 107 Å². The van der Waals surface area contributed by atoms with Gasteiger partial charge in [-0.3, -0.25) is 10.1 Å². The molecule has 0 saturated carbocycles. The van der Waals surface area contributed by atoms with Gasteiger partial charge in [-0.05, 0) is 13.8 Å². The third kappa shape index (κ3) is 6.06. The molecule has 0 atom stereocenters. The Morgan fingerprint density at radius 3 is 2.38 bits per heavy atom. The third-order valence-electron chi connectivity index (χ3n) is 1.35. The normalized spacial score (nSPS) is 11.0.